The highest BCUT2D eigenvalue weighted by molar-refractivity contribution is 5.81. The van der Waals surface area contributed by atoms with Crippen LogP contribution in [-0.2, 0) is 9.59 Å². The van der Waals surface area contributed by atoms with E-state index in [-0.39, 0.29) is 6.54 Å². The van der Waals surface area contributed by atoms with Crippen LogP contribution in [0.5, 0.6) is 0 Å². The minimum absolute atomic E-state index is 0.171. The van der Waals surface area contributed by atoms with Crippen LogP contribution >= 0.6 is 0 Å². The van der Waals surface area contributed by atoms with Crippen LogP contribution in [0.3, 0.4) is 0 Å². The van der Waals surface area contributed by atoms with Gasteiger partial charge in [0.1, 0.15) is 0 Å². The van der Waals surface area contributed by atoms with Crippen LogP contribution in [0.25, 0.3) is 0 Å². The number of carboxylic acid groups (broad SMARTS) is 2. The summed E-state index contributed by atoms with van der Waals surface area (Å²) in [5.74, 6) is 1.75. The molecule has 3 rings (SSSR count). The number of piperidine rings is 1. The first-order chi connectivity index (χ1) is 15.5. The number of benzene rings is 1. The van der Waals surface area contributed by atoms with Crippen molar-refractivity contribution in [1.29, 1.82) is 0 Å². The fourth-order valence-electron chi connectivity index (χ4n) is 4.16. The van der Waals surface area contributed by atoms with Gasteiger partial charge in [0.25, 0.3) is 0 Å². The lowest BCUT2D eigenvalue weighted by Gasteiger charge is -2.43. The first-order valence-corrected chi connectivity index (χ1v) is 10.6. The Balaban J connectivity index is 0.000000479. The molecule has 9 nitrogen and oxygen atoms in total. The molecule has 1 aromatic rings. The molecule has 0 spiro atoms. The summed E-state index contributed by atoms with van der Waals surface area (Å²) in [6, 6.07) is 6.93. The highest BCUT2D eigenvalue weighted by Gasteiger charge is 2.38. The molecular weight excluding hydrogens is 443 g/mol. The summed E-state index contributed by atoms with van der Waals surface area (Å²) in [4.78, 5) is 26.8. The maximum Gasteiger partial charge on any atom is 0.490 e. The molecule has 2 fully saturated rings. The van der Waals surface area contributed by atoms with Gasteiger partial charge in [-0.05, 0) is 43.0 Å². The second-order valence-electron chi connectivity index (χ2n) is 8.05. The molecule has 0 bridgehead atoms. The van der Waals surface area contributed by atoms with Crippen LogP contribution in [0, 0.1) is 6.92 Å². The minimum atomic E-state index is -5.08. The van der Waals surface area contributed by atoms with Crippen molar-refractivity contribution in [2.24, 2.45) is 10.9 Å². The Labute approximate surface area is 190 Å². The van der Waals surface area contributed by atoms with Gasteiger partial charge in [-0.15, -0.1) is 0 Å². The predicted molar refractivity (Wildman–Crippen MR) is 118 cm³/mol. The number of aliphatic carboxylic acids is 2. The van der Waals surface area contributed by atoms with Gasteiger partial charge in [0.05, 0.1) is 12.8 Å². The third-order valence-electron chi connectivity index (χ3n) is 5.77. The average molecular weight is 473 g/mol. The molecule has 0 saturated carbocycles. The van der Waals surface area contributed by atoms with E-state index in [1.165, 1.54) is 11.3 Å². The van der Waals surface area contributed by atoms with E-state index in [0.29, 0.717) is 6.04 Å². The van der Waals surface area contributed by atoms with Gasteiger partial charge in [0.15, 0.2) is 0 Å². The Hall–Kier alpha value is -2.86. The number of hydrogen-bond acceptors (Lipinski definition) is 7. The van der Waals surface area contributed by atoms with Gasteiger partial charge in [-0.1, -0.05) is 6.07 Å². The molecule has 2 heterocycles. The number of piperazine rings is 1. The van der Waals surface area contributed by atoms with Crippen molar-refractivity contribution in [1.82, 2.24) is 9.80 Å². The molecule has 33 heavy (non-hydrogen) atoms. The van der Waals surface area contributed by atoms with Crippen LogP contribution in [-0.4, -0.2) is 96.2 Å². The molecule has 1 aromatic carbocycles. The Morgan fingerprint density at radius 1 is 1.12 bits per heavy atom. The third kappa shape index (κ3) is 8.21. The van der Waals surface area contributed by atoms with Gasteiger partial charge < -0.3 is 21.0 Å². The zero-order chi connectivity index (χ0) is 24.6. The van der Waals surface area contributed by atoms with Crippen molar-refractivity contribution in [2.45, 2.75) is 32.0 Å². The summed E-state index contributed by atoms with van der Waals surface area (Å²) in [7, 11) is 0. The largest absolute Gasteiger partial charge is 0.490 e. The van der Waals surface area contributed by atoms with E-state index >= 15 is 0 Å². The van der Waals surface area contributed by atoms with Crippen molar-refractivity contribution >= 4 is 23.8 Å². The number of nitrogens with zero attached hydrogens (tertiary/aromatic N) is 4. The molecular formula is C21H30F3N5O4. The number of hydrazone groups is 1. The molecule has 0 amide bonds. The van der Waals surface area contributed by atoms with Gasteiger partial charge in [0.2, 0.25) is 0 Å². The van der Waals surface area contributed by atoms with E-state index in [1.54, 1.807) is 6.21 Å². The Morgan fingerprint density at radius 3 is 2.15 bits per heavy atom. The molecule has 2 aliphatic heterocycles. The number of halogens is 3. The Bertz CT molecular complexity index is 834. The van der Waals surface area contributed by atoms with Gasteiger partial charge >= 0.3 is 18.1 Å². The van der Waals surface area contributed by atoms with E-state index in [0.717, 1.165) is 57.7 Å². The second kappa shape index (κ2) is 11.8. The SMILES string of the molecule is Cc1cc(C=NN)ccc1N1CCN(C2CCN(CC(=O)O)CC2)CC1.O=C(O)C(F)(F)F. The van der Waals surface area contributed by atoms with Crippen molar-refractivity contribution < 1.29 is 33.0 Å². The van der Waals surface area contributed by atoms with Gasteiger partial charge in [-0.3, -0.25) is 14.6 Å². The van der Waals surface area contributed by atoms with Gasteiger partial charge in [0, 0.05) is 51.0 Å². The first-order valence-electron chi connectivity index (χ1n) is 10.6. The lowest BCUT2D eigenvalue weighted by Crippen LogP contribution is -2.53. The maximum absolute atomic E-state index is 10.8. The van der Waals surface area contributed by atoms with Crippen molar-refractivity contribution in [2.75, 3.05) is 50.7 Å². The maximum atomic E-state index is 10.8. The Kier molecular flexibility index (Phi) is 9.47. The lowest BCUT2D eigenvalue weighted by molar-refractivity contribution is -0.192. The molecule has 0 atom stereocenters. The minimum Gasteiger partial charge on any atom is -0.480 e. The van der Waals surface area contributed by atoms with E-state index in [2.05, 4.69) is 40.0 Å². The molecule has 0 aromatic heterocycles. The number of likely N-dealkylation sites (tertiary alicyclic amines) is 1. The van der Waals surface area contributed by atoms with Crippen LogP contribution in [0.15, 0.2) is 23.3 Å². The van der Waals surface area contributed by atoms with Crippen LogP contribution in [0.2, 0.25) is 0 Å². The first kappa shape index (κ1) is 26.4. The Morgan fingerprint density at radius 2 is 1.70 bits per heavy atom. The van der Waals surface area contributed by atoms with Crippen molar-refractivity contribution in [3.8, 4) is 0 Å². The van der Waals surface area contributed by atoms with E-state index in [4.69, 9.17) is 20.9 Å². The predicted octanol–water partition coefficient (Wildman–Crippen LogP) is 1.59. The number of carboxylic acids is 2. The number of anilines is 1. The molecule has 0 radical (unpaired) electrons. The normalized spacial score (nSPS) is 18.7. The molecule has 0 unspecified atom stereocenters. The summed E-state index contributed by atoms with van der Waals surface area (Å²) in [5.41, 5.74) is 3.56. The van der Waals surface area contributed by atoms with E-state index in [1.807, 2.05) is 4.90 Å². The topological polar surface area (TPSA) is 123 Å². The average Bonchev–Trinajstić information content (AvgIpc) is 2.74. The van der Waals surface area contributed by atoms with Crippen molar-refractivity contribution in [3.05, 3.63) is 29.3 Å². The van der Waals surface area contributed by atoms with Crippen molar-refractivity contribution in [3.63, 3.8) is 0 Å². The monoisotopic (exact) mass is 473 g/mol. The lowest BCUT2D eigenvalue weighted by atomic mass is 10.0. The fourth-order valence-corrected chi connectivity index (χ4v) is 4.16. The zero-order valence-electron chi connectivity index (χ0n) is 18.5. The van der Waals surface area contributed by atoms with Crippen LogP contribution < -0.4 is 10.7 Å². The van der Waals surface area contributed by atoms with E-state index in [9.17, 15) is 18.0 Å². The smallest absolute Gasteiger partial charge is 0.480 e. The molecule has 12 heteroatoms. The second-order valence-corrected chi connectivity index (χ2v) is 8.05. The summed E-state index contributed by atoms with van der Waals surface area (Å²) in [6.45, 7) is 8.27. The summed E-state index contributed by atoms with van der Waals surface area (Å²) >= 11 is 0. The van der Waals surface area contributed by atoms with Gasteiger partial charge in [-0.25, -0.2) is 4.79 Å². The molecule has 2 aliphatic rings. The highest BCUT2D eigenvalue weighted by atomic mass is 19.4. The molecule has 0 aliphatic carbocycles. The molecule has 2 saturated heterocycles. The van der Waals surface area contributed by atoms with Crippen LogP contribution in [0.4, 0.5) is 18.9 Å². The summed E-state index contributed by atoms with van der Waals surface area (Å²) in [6.07, 6.45) is -1.27. The van der Waals surface area contributed by atoms with Gasteiger partial charge in [-0.2, -0.15) is 18.3 Å². The number of nitrogens with two attached hydrogens (primary N) is 1. The summed E-state index contributed by atoms with van der Waals surface area (Å²) in [5, 5.41) is 19.6. The number of alkyl halides is 3. The number of carbonyl (C=O) groups is 2. The molecule has 184 valence electrons. The number of aryl methyl sites for hydroxylation is 1. The number of hydrogen-bond donors (Lipinski definition) is 3. The number of rotatable bonds is 5. The third-order valence-corrected chi connectivity index (χ3v) is 5.77. The van der Waals surface area contributed by atoms with E-state index < -0.39 is 18.1 Å². The quantitative estimate of drug-likeness (QED) is 0.335. The fraction of sp³-hybridized carbons (Fsp3) is 0.571. The zero-order valence-corrected chi connectivity index (χ0v) is 18.5. The molecule has 4 N–H and O–H groups in total. The highest BCUT2D eigenvalue weighted by Crippen LogP contribution is 2.24. The standard InChI is InChI=1S/C19H29N5O2.C2HF3O2/c1-15-12-16(13-21-20)2-3-18(15)24-10-8-23(9-11-24)17-4-6-22(7-5-17)14-19(25)26;3-2(4,5)1(6)7/h2-3,12-13,17H,4-11,14,20H2,1H3,(H,25,26);(H,6,7). The van der Waals surface area contributed by atoms with Crippen LogP contribution in [0.1, 0.15) is 24.0 Å². The summed E-state index contributed by atoms with van der Waals surface area (Å²) < 4.78 is 31.7.